The molecule has 0 saturated carbocycles. The van der Waals surface area contributed by atoms with E-state index in [0.29, 0.717) is 23.1 Å². The zero-order valence-electron chi connectivity index (χ0n) is 10.0. The summed E-state index contributed by atoms with van der Waals surface area (Å²) in [6.07, 6.45) is 1.30. The quantitative estimate of drug-likeness (QED) is 0.871. The summed E-state index contributed by atoms with van der Waals surface area (Å²) < 4.78 is 13.6. The first-order valence-corrected chi connectivity index (χ1v) is 6.60. The number of carbonyl (C=O) groups is 2. The van der Waals surface area contributed by atoms with Gasteiger partial charge in [0.25, 0.3) is 0 Å². The average molecular weight is 330 g/mol. The van der Waals surface area contributed by atoms with Crippen molar-refractivity contribution in [3.05, 3.63) is 28.5 Å². The highest BCUT2D eigenvalue weighted by Gasteiger charge is 2.32. The molecule has 1 fully saturated rings. The van der Waals surface area contributed by atoms with Crippen LogP contribution in [0, 0.1) is 5.82 Å². The lowest BCUT2D eigenvalue weighted by Gasteiger charge is -2.22. The topological polar surface area (TPSA) is 75.4 Å². The third-order valence-electron chi connectivity index (χ3n) is 3.01. The van der Waals surface area contributed by atoms with Gasteiger partial charge in [0.1, 0.15) is 11.9 Å². The number of carbonyl (C=O) groups excluding carboxylic acids is 2. The van der Waals surface area contributed by atoms with Crippen LogP contribution < -0.4 is 11.1 Å². The number of benzene rings is 1. The van der Waals surface area contributed by atoms with Gasteiger partial charge in [-0.2, -0.15) is 0 Å². The maximum Gasteiger partial charge on any atom is 0.322 e. The Bertz CT molecular complexity index is 524. The molecule has 1 aromatic rings. The molecule has 3 N–H and O–H groups in total. The minimum atomic E-state index is -0.583. The second-order valence-electron chi connectivity index (χ2n) is 4.31. The minimum Gasteiger partial charge on any atom is -0.368 e. The number of anilines is 1. The van der Waals surface area contributed by atoms with Crippen LogP contribution in [-0.4, -0.2) is 29.4 Å². The maximum atomic E-state index is 13.3. The highest BCUT2D eigenvalue weighted by molar-refractivity contribution is 9.10. The number of nitrogens with two attached hydrogens (primary N) is 1. The van der Waals surface area contributed by atoms with Gasteiger partial charge in [-0.1, -0.05) is 0 Å². The standard InChI is InChI=1S/C12H13BrFN3O2/c13-8-4-3-7(6-9(8)14)16-12(19)17-5-1-2-10(17)11(15)18/h3-4,6,10H,1-2,5H2,(H2,15,18)(H,16,19)/t10-/m0/s1. The predicted octanol–water partition coefficient (Wildman–Crippen LogP) is 2.07. The van der Waals surface area contributed by atoms with Crippen LogP contribution in [0.1, 0.15) is 12.8 Å². The van der Waals surface area contributed by atoms with Crippen LogP contribution in [0.3, 0.4) is 0 Å². The third kappa shape index (κ3) is 3.04. The Kier molecular flexibility index (Phi) is 4.04. The van der Waals surface area contributed by atoms with Crippen LogP contribution in [0.25, 0.3) is 0 Å². The molecule has 5 nitrogen and oxygen atoms in total. The fraction of sp³-hybridized carbons (Fsp3) is 0.333. The molecule has 19 heavy (non-hydrogen) atoms. The van der Waals surface area contributed by atoms with Gasteiger partial charge in [0.2, 0.25) is 5.91 Å². The van der Waals surface area contributed by atoms with Crippen molar-refractivity contribution < 1.29 is 14.0 Å². The van der Waals surface area contributed by atoms with Crippen molar-refractivity contribution in [1.82, 2.24) is 4.90 Å². The first-order chi connectivity index (χ1) is 8.99. The van der Waals surface area contributed by atoms with E-state index in [1.807, 2.05) is 0 Å². The number of halogens is 2. The molecule has 3 amide bonds. The fourth-order valence-corrected chi connectivity index (χ4v) is 2.32. The SMILES string of the molecule is NC(=O)[C@@H]1CCCN1C(=O)Nc1ccc(Br)c(F)c1. The van der Waals surface area contributed by atoms with Gasteiger partial charge in [-0.25, -0.2) is 9.18 Å². The first kappa shape index (κ1) is 13.8. The molecule has 1 saturated heterocycles. The third-order valence-corrected chi connectivity index (χ3v) is 3.66. The number of nitrogens with one attached hydrogen (secondary N) is 1. The zero-order chi connectivity index (χ0) is 14.0. The zero-order valence-corrected chi connectivity index (χ0v) is 11.6. The van der Waals surface area contributed by atoms with Gasteiger partial charge in [0, 0.05) is 12.2 Å². The number of nitrogens with zero attached hydrogens (tertiary/aromatic N) is 1. The second kappa shape index (κ2) is 5.56. The van der Waals surface area contributed by atoms with E-state index in [0.717, 1.165) is 6.42 Å². The summed E-state index contributed by atoms with van der Waals surface area (Å²) in [5.41, 5.74) is 5.57. The van der Waals surface area contributed by atoms with E-state index < -0.39 is 23.8 Å². The van der Waals surface area contributed by atoms with Gasteiger partial charge >= 0.3 is 6.03 Å². The maximum absolute atomic E-state index is 13.3. The number of primary amides is 1. The van der Waals surface area contributed by atoms with E-state index in [1.165, 1.54) is 17.0 Å². The molecule has 2 rings (SSSR count). The molecule has 0 aromatic heterocycles. The molecule has 0 aliphatic carbocycles. The lowest BCUT2D eigenvalue weighted by Crippen LogP contribution is -2.45. The molecule has 1 heterocycles. The number of likely N-dealkylation sites (tertiary alicyclic amines) is 1. The van der Waals surface area contributed by atoms with E-state index >= 15 is 0 Å². The van der Waals surface area contributed by atoms with E-state index in [1.54, 1.807) is 6.07 Å². The number of hydrogen-bond donors (Lipinski definition) is 2. The lowest BCUT2D eigenvalue weighted by atomic mass is 10.2. The first-order valence-electron chi connectivity index (χ1n) is 5.81. The van der Waals surface area contributed by atoms with Gasteiger partial charge in [-0.15, -0.1) is 0 Å². The van der Waals surface area contributed by atoms with E-state index in [9.17, 15) is 14.0 Å². The lowest BCUT2D eigenvalue weighted by molar-refractivity contribution is -0.121. The van der Waals surface area contributed by atoms with E-state index in [4.69, 9.17) is 5.73 Å². The molecule has 1 aliphatic heterocycles. The Morgan fingerprint density at radius 2 is 2.21 bits per heavy atom. The second-order valence-corrected chi connectivity index (χ2v) is 5.17. The molecule has 7 heteroatoms. The highest BCUT2D eigenvalue weighted by atomic mass is 79.9. The Labute approximate surface area is 118 Å². The predicted molar refractivity (Wildman–Crippen MR) is 72.0 cm³/mol. The smallest absolute Gasteiger partial charge is 0.322 e. The van der Waals surface area contributed by atoms with E-state index in [2.05, 4.69) is 21.2 Å². The van der Waals surface area contributed by atoms with Crippen molar-refractivity contribution in [2.75, 3.05) is 11.9 Å². The number of amides is 3. The van der Waals surface area contributed by atoms with Crippen molar-refractivity contribution >= 4 is 33.6 Å². The monoisotopic (exact) mass is 329 g/mol. The number of urea groups is 1. The summed E-state index contributed by atoms with van der Waals surface area (Å²) in [6.45, 7) is 0.471. The Hall–Kier alpha value is -1.63. The molecule has 1 aliphatic rings. The van der Waals surface area contributed by atoms with Crippen molar-refractivity contribution in [2.24, 2.45) is 5.73 Å². The fourth-order valence-electron chi connectivity index (χ4n) is 2.07. The summed E-state index contributed by atoms with van der Waals surface area (Å²) in [7, 11) is 0. The highest BCUT2D eigenvalue weighted by Crippen LogP contribution is 2.21. The molecule has 0 bridgehead atoms. The van der Waals surface area contributed by atoms with Crippen LogP contribution in [0.4, 0.5) is 14.9 Å². The van der Waals surface area contributed by atoms with Crippen LogP contribution >= 0.6 is 15.9 Å². The minimum absolute atomic E-state index is 0.321. The van der Waals surface area contributed by atoms with Gasteiger partial charge in [0.05, 0.1) is 4.47 Å². The van der Waals surface area contributed by atoms with Crippen molar-refractivity contribution in [1.29, 1.82) is 0 Å². The summed E-state index contributed by atoms with van der Waals surface area (Å²) in [5, 5.41) is 2.56. The number of rotatable bonds is 2. The summed E-state index contributed by atoms with van der Waals surface area (Å²) >= 11 is 3.03. The van der Waals surface area contributed by atoms with Crippen LogP contribution in [0.2, 0.25) is 0 Å². The van der Waals surface area contributed by atoms with Crippen molar-refractivity contribution in [3.63, 3.8) is 0 Å². The summed E-state index contributed by atoms with van der Waals surface area (Å²) in [6, 6.07) is 3.25. The molecule has 0 spiro atoms. The molecule has 0 unspecified atom stereocenters. The van der Waals surface area contributed by atoms with Gasteiger partial charge < -0.3 is 16.0 Å². The van der Waals surface area contributed by atoms with Gasteiger partial charge in [-0.3, -0.25) is 4.79 Å². The molecular weight excluding hydrogens is 317 g/mol. The van der Waals surface area contributed by atoms with Crippen LogP contribution in [0.5, 0.6) is 0 Å². The van der Waals surface area contributed by atoms with Crippen LogP contribution in [-0.2, 0) is 4.79 Å². The van der Waals surface area contributed by atoms with Crippen LogP contribution in [0.15, 0.2) is 22.7 Å². The largest absolute Gasteiger partial charge is 0.368 e. The van der Waals surface area contributed by atoms with Gasteiger partial charge in [0.15, 0.2) is 0 Å². The average Bonchev–Trinajstić information content (AvgIpc) is 2.83. The Morgan fingerprint density at radius 3 is 2.84 bits per heavy atom. The Balaban J connectivity index is 2.08. The summed E-state index contributed by atoms with van der Waals surface area (Å²) in [5.74, 6) is -0.986. The molecule has 0 radical (unpaired) electrons. The molecule has 102 valence electrons. The molecular formula is C12H13BrFN3O2. The van der Waals surface area contributed by atoms with Crippen molar-refractivity contribution in [3.8, 4) is 0 Å². The van der Waals surface area contributed by atoms with Gasteiger partial charge in [-0.05, 0) is 47.0 Å². The van der Waals surface area contributed by atoms with E-state index in [-0.39, 0.29) is 0 Å². The van der Waals surface area contributed by atoms with Crippen molar-refractivity contribution in [2.45, 2.75) is 18.9 Å². The normalized spacial score (nSPS) is 18.4. The molecule has 1 atom stereocenters. The molecule has 1 aromatic carbocycles. The Morgan fingerprint density at radius 1 is 1.47 bits per heavy atom. The summed E-state index contributed by atoms with van der Waals surface area (Å²) in [4.78, 5) is 24.6. The number of hydrogen-bond acceptors (Lipinski definition) is 2.